The first-order chi connectivity index (χ1) is 21.6. The molecule has 10 nitrogen and oxygen atoms in total. The van der Waals surface area contributed by atoms with Crippen molar-refractivity contribution < 1.29 is 9.59 Å². The Balaban J connectivity index is 0.978. The van der Waals surface area contributed by atoms with Gasteiger partial charge in [-0.25, -0.2) is 9.59 Å². The van der Waals surface area contributed by atoms with Gasteiger partial charge < -0.3 is 31.9 Å². The van der Waals surface area contributed by atoms with Gasteiger partial charge in [-0.15, -0.1) is 0 Å². The molecular weight excluding hydrogens is 552 g/mol. The zero-order valence-electron chi connectivity index (χ0n) is 23.9. The van der Waals surface area contributed by atoms with Gasteiger partial charge in [0.25, 0.3) is 0 Å². The first-order valence-corrected chi connectivity index (χ1v) is 14.4. The third kappa shape index (κ3) is 7.48. The molecule has 2 aliphatic rings. The van der Waals surface area contributed by atoms with E-state index in [-0.39, 0.29) is 12.1 Å². The van der Waals surface area contributed by atoms with E-state index < -0.39 is 0 Å². The molecule has 0 fully saturated rings. The van der Waals surface area contributed by atoms with E-state index >= 15 is 0 Å². The summed E-state index contributed by atoms with van der Waals surface area (Å²) in [5, 5.41) is 18.0. The van der Waals surface area contributed by atoms with Crippen LogP contribution in [0.5, 0.6) is 0 Å². The van der Waals surface area contributed by atoms with Gasteiger partial charge in [0.2, 0.25) is 0 Å². The van der Waals surface area contributed by atoms with Gasteiger partial charge in [-0.2, -0.15) is 0 Å². The van der Waals surface area contributed by atoms with E-state index in [1.54, 1.807) is 0 Å². The molecule has 10 heteroatoms. The molecule has 0 bridgehead atoms. The van der Waals surface area contributed by atoms with Crippen molar-refractivity contribution in [2.24, 2.45) is 9.98 Å². The molecule has 220 valence electrons. The highest BCUT2D eigenvalue weighted by atomic mass is 16.2. The number of nitrogens with one attached hydrogen (secondary N) is 6. The summed E-state index contributed by atoms with van der Waals surface area (Å²) in [5.41, 5.74) is 6.60. The number of rotatable bonds is 8. The number of carbonyl (C=O) groups is 2. The van der Waals surface area contributed by atoms with Crippen LogP contribution < -0.4 is 31.9 Å². The molecule has 0 radical (unpaired) electrons. The van der Waals surface area contributed by atoms with E-state index in [4.69, 9.17) is 0 Å². The first kappa shape index (κ1) is 28.2. The summed E-state index contributed by atoms with van der Waals surface area (Å²) in [6.07, 6.45) is 3.97. The first-order valence-electron chi connectivity index (χ1n) is 14.4. The number of nitrogens with zero attached hydrogens (tertiary/aromatic N) is 2. The predicted octanol–water partition coefficient (Wildman–Crippen LogP) is 5.84. The second-order valence-electron chi connectivity index (χ2n) is 10.2. The van der Waals surface area contributed by atoms with Gasteiger partial charge in [-0.05, 0) is 59.7 Å². The Kier molecular flexibility index (Phi) is 8.59. The molecule has 0 aliphatic carbocycles. The zero-order valence-corrected chi connectivity index (χ0v) is 23.9. The average molecular weight is 585 g/mol. The van der Waals surface area contributed by atoms with E-state index in [2.05, 4.69) is 41.9 Å². The number of amidine groups is 2. The highest BCUT2D eigenvalue weighted by molar-refractivity contribution is 6.04. The van der Waals surface area contributed by atoms with E-state index in [1.807, 2.05) is 109 Å². The van der Waals surface area contributed by atoms with Crippen LogP contribution in [0.3, 0.4) is 0 Å². The minimum Gasteiger partial charge on any atom is -0.368 e. The monoisotopic (exact) mass is 584 g/mol. The molecule has 0 aromatic heterocycles. The highest BCUT2D eigenvalue weighted by Crippen LogP contribution is 2.18. The maximum atomic E-state index is 12.5. The van der Waals surface area contributed by atoms with Crippen LogP contribution in [-0.2, 0) is 0 Å². The van der Waals surface area contributed by atoms with E-state index in [0.717, 1.165) is 60.1 Å². The lowest BCUT2D eigenvalue weighted by Crippen LogP contribution is -2.21. The third-order valence-corrected chi connectivity index (χ3v) is 6.94. The summed E-state index contributed by atoms with van der Waals surface area (Å²) in [4.78, 5) is 33.9. The Bertz CT molecular complexity index is 1620. The largest absolute Gasteiger partial charge is 0.368 e. The predicted molar refractivity (Wildman–Crippen MR) is 179 cm³/mol. The van der Waals surface area contributed by atoms with Crippen LogP contribution in [0.2, 0.25) is 0 Å². The molecule has 2 heterocycles. The summed E-state index contributed by atoms with van der Waals surface area (Å²) in [5.74, 6) is 1.69. The normalized spacial score (nSPS) is 13.8. The number of hydrogen-bond donors (Lipinski definition) is 6. The number of benzene rings is 4. The van der Waals surface area contributed by atoms with E-state index in [1.165, 1.54) is 0 Å². The molecule has 6 rings (SSSR count). The molecular formula is C34H32N8O2. The molecule has 0 unspecified atom stereocenters. The van der Waals surface area contributed by atoms with Crippen molar-refractivity contribution in [3.8, 4) is 0 Å². The van der Waals surface area contributed by atoms with Crippen LogP contribution in [0.15, 0.2) is 107 Å². The minimum atomic E-state index is -0.320. The van der Waals surface area contributed by atoms with Crippen molar-refractivity contribution in [3.05, 3.63) is 119 Å². The summed E-state index contributed by atoms with van der Waals surface area (Å²) in [7, 11) is 0. The fourth-order valence-electron chi connectivity index (χ4n) is 4.81. The quantitative estimate of drug-likeness (QED) is 0.145. The van der Waals surface area contributed by atoms with E-state index in [0.29, 0.717) is 22.7 Å². The van der Waals surface area contributed by atoms with Gasteiger partial charge in [0, 0.05) is 47.0 Å². The summed E-state index contributed by atoms with van der Waals surface area (Å²) in [6, 6.07) is 29.7. The lowest BCUT2D eigenvalue weighted by molar-refractivity contribution is 0.261. The van der Waals surface area contributed by atoms with Crippen LogP contribution in [0, 0.1) is 0 Å². The SMILES string of the molecule is O=C(Nc1ccc(C=Cc2ccc(NC(=O)Nc3cccc(C4=NCCN4)c3)cc2)cc1)Nc1cccc(C2=NCCN2)c1. The Hall–Kier alpha value is -5.90. The number of carbonyl (C=O) groups excluding carboxylic acids is 2. The number of urea groups is 2. The lowest BCUT2D eigenvalue weighted by Gasteiger charge is -2.10. The van der Waals surface area contributed by atoms with Crippen molar-refractivity contribution in [1.29, 1.82) is 0 Å². The van der Waals surface area contributed by atoms with Crippen LogP contribution in [0.4, 0.5) is 32.3 Å². The lowest BCUT2D eigenvalue weighted by atomic mass is 10.1. The van der Waals surface area contributed by atoms with Gasteiger partial charge in [-0.3, -0.25) is 9.98 Å². The average Bonchev–Trinajstić information content (AvgIpc) is 3.78. The highest BCUT2D eigenvalue weighted by Gasteiger charge is 2.11. The number of anilines is 4. The molecule has 0 spiro atoms. The van der Waals surface area contributed by atoms with Gasteiger partial charge in [0.1, 0.15) is 11.7 Å². The zero-order chi connectivity index (χ0) is 30.1. The second-order valence-corrected chi connectivity index (χ2v) is 10.2. The Labute approximate surface area is 255 Å². The summed E-state index contributed by atoms with van der Waals surface area (Å²) in [6.45, 7) is 3.17. The molecule has 4 amide bonds. The van der Waals surface area contributed by atoms with Crippen LogP contribution in [0.1, 0.15) is 22.3 Å². The maximum Gasteiger partial charge on any atom is 0.323 e. The standard InChI is InChI=1S/C34H32N8O2/c43-33(41-29-5-1-3-25(21-29)31-35-17-18-36-31)39-27-13-9-23(10-14-27)7-8-24-11-15-28(16-12-24)40-34(44)42-30-6-2-4-26(22-30)32-37-19-20-38-32/h1-16,21-22H,17-20H2,(H,35,36)(H,37,38)(H2,39,41,43)(H2,40,42,44). The minimum absolute atomic E-state index is 0.320. The van der Waals surface area contributed by atoms with Crippen LogP contribution in [-0.4, -0.2) is 49.9 Å². The molecule has 44 heavy (non-hydrogen) atoms. The number of aliphatic imine (C=N–C) groups is 2. The smallest absolute Gasteiger partial charge is 0.323 e. The Morgan fingerprint density at radius 3 is 1.34 bits per heavy atom. The van der Waals surface area contributed by atoms with Gasteiger partial charge >= 0.3 is 12.1 Å². The van der Waals surface area contributed by atoms with Crippen LogP contribution >= 0.6 is 0 Å². The summed E-state index contributed by atoms with van der Waals surface area (Å²) < 4.78 is 0. The van der Waals surface area contributed by atoms with Crippen molar-refractivity contribution >= 4 is 58.6 Å². The third-order valence-electron chi connectivity index (χ3n) is 6.94. The van der Waals surface area contributed by atoms with Crippen LogP contribution in [0.25, 0.3) is 12.2 Å². The number of hydrogen-bond acceptors (Lipinski definition) is 6. The van der Waals surface area contributed by atoms with E-state index in [9.17, 15) is 9.59 Å². The van der Waals surface area contributed by atoms with Crippen molar-refractivity contribution in [1.82, 2.24) is 10.6 Å². The van der Waals surface area contributed by atoms with Crippen molar-refractivity contribution in [2.75, 3.05) is 47.4 Å². The fraction of sp³-hybridized carbons (Fsp3) is 0.118. The molecule has 4 aromatic carbocycles. The molecule has 0 atom stereocenters. The Morgan fingerprint density at radius 2 is 0.955 bits per heavy atom. The summed E-state index contributed by atoms with van der Waals surface area (Å²) >= 11 is 0. The Morgan fingerprint density at radius 1 is 0.545 bits per heavy atom. The molecule has 0 saturated carbocycles. The number of amides is 4. The molecule has 0 saturated heterocycles. The maximum absolute atomic E-state index is 12.5. The van der Waals surface area contributed by atoms with Gasteiger partial charge in [0.05, 0.1) is 13.1 Å². The fourth-order valence-corrected chi connectivity index (χ4v) is 4.81. The van der Waals surface area contributed by atoms with Gasteiger partial charge in [0.15, 0.2) is 0 Å². The molecule has 4 aromatic rings. The van der Waals surface area contributed by atoms with Crippen molar-refractivity contribution in [3.63, 3.8) is 0 Å². The van der Waals surface area contributed by atoms with Crippen molar-refractivity contribution in [2.45, 2.75) is 0 Å². The topological polar surface area (TPSA) is 131 Å². The molecule has 6 N–H and O–H groups in total. The molecule has 2 aliphatic heterocycles. The second kappa shape index (κ2) is 13.4. The van der Waals surface area contributed by atoms with Gasteiger partial charge in [-0.1, -0.05) is 60.7 Å².